The molecule has 0 unspecified atom stereocenters. The van der Waals surface area contributed by atoms with Crippen LogP contribution >= 0.6 is 33.2 Å². The first-order valence-corrected chi connectivity index (χ1v) is 18.5. The molecule has 182 valence electrons. The van der Waals surface area contributed by atoms with E-state index >= 15 is 0 Å². The Hall–Kier alpha value is 1.05. The van der Waals surface area contributed by atoms with Crippen LogP contribution in [0.3, 0.4) is 0 Å². The summed E-state index contributed by atoms with van der Waals surface area (Å²) in [6.45, 7) is 11.8. The lowest BCUT2D eigenvalue weighted by Crippen LogP contribution is -2.49. The van der Waals surface area contributed by atoms with Crippen molar-refractivity contribution in [3.05, 3.63) is 0 Å². The molecule has 0 aliphatic carbocycles. The predicted octanol–water partition coefficient (Wildman–Crippen LogP) is 10.1. The van der Waals surface area contributed by atoms with Gasteiger partial charge in [0, 0.05) is 0 Å². The van der Waals surface area contributed by atoms with Crippen molar-refractivity contribution in [1.82, 2.24) is 0 Å². The summed E-state index contributed by atoms with van der Waals surface area (Å²) in [5.41, 5.74) is 0. The molecule has 0 aromatic carbocycles. The van der Waals surface area contributed by atoms with Crippen LogP contribution in [-0.4, -0.2) is 36.7 Å². The van der Waals surface area contributed by atoms with Gasteiger partial charge >= 0.3 is 6.00 Å². The first-order chi connectivity index (χ1) is 14.4. The van der Waals surface area contributed by atoms with Crippen LogP contribution in [0.4, 0.5) is 0 Å². The standard InChI is InChI=1S/C25H53Cl3NSi/c1-4-7-8-9-10-11-12-13-14-15-16-17-18-19-20-21-23-29(5-2,6-3)24-22-25-30(26,27)28/h4-25H2,1-3H3/q+1. The molecule has 0 N–H and O–H groups in total. The monoisotopic (exact) mass is 500 g/mol. The summed E-state index contributed by atoms with van der Waals surface area (Å²) in [4.78, 5) is 0. The van der Waals surface area contributed by atoms with E-state index in [-0.39, 0.29) is 0 Å². The van der Waals surface area contributed by atoms with Crippen LogP contribution in [0.1, 0.15) is 130 Å². The van der Waals surface area contributed by atoms with Crippen LogP contribution in [0.2, 0.25) is 6.04 Å². The Labute approximate surface area is 205 Å². The van der Waals surface area contributed by atoms with Gasteiger partial charge in [0.2, 0.25) is 0 Å². The molecule has 0 aliphatic heterocycles. The highest BCUT2D eigenvalue weighted by molar-refractivity contribution is 7.64. The minimum absolute atomic E-state index is 0.802. The third-order valence-electron chi connectivity index (χ3n) is 6.92. The summed E-state index contributed by atoms with van der Waals surface area (Å²) in [5.74, 6) is 0. The maximum atomic E-state index is 6.06. The van der Waals surface area contributed by atoms with E-state index in [2.05, 4.69) is 20.8 Å². The summed E-state index contributed by atoms with van der Waals surface area (Å²) >= 11 is 18.2. The number of unbranched alkanes of at least 4 members (excludes halogenated alkanes) is 15. The van der Waals surface area contributed by atoms with Gasteiger partial charge in [0.25, 0.3) is 0 Å². The summed E-state index contributed by atoms with van der Waals surface area (Å²) in [6, 6.07) is -1.65. The maximum Gasteiger partial charge on any atom is 0.341 e. The fraction of sp³-hybridized carbons (Fsp3) is 1.00. The molecule has 0 atom stereocenters. The van der Waals surface area contributed by atoms with E-state index in [0.29, 0.717) is 0 Å². The Morgan fingerprint density at radius 2 is 0.800 bits per heavy atom. The molecule has 0 radical (unpaired) electrons. The molecule has 0 saturated heterocycles. The van der Waals surface area contributed by atoms with Gasteiger partial charge in [-0.1, -0.05) is 96.8 Å². The van der Waals surface area contributed by atoms with E-state index in [0.717, 1.165) is 12.5 Å². The smallest absolute Gasteiger partial charge is 0.324 e. The van der Waals surface area contributed by atoms with Crippen LogP contribution in [0.15, 0.2) is 0 Å². The van der Waals surface area contributed by atoms with Crippen LogP contribution in [0.25, 0.3) is 0 Å². The Morgan fingerprint density at radius 3 is 1.13 bits per heavy atom. The van der Waals surface area contributed by atoms with Gasteiger partial charge in [-0.15, -0.1) is 33.2 Å². The molecular weight excluding hydrogens is 449 g/mol. The van der Waals surface area contributed by atoms with Crippen LogP contribution in [-0.2, 0) is 0 Å². The third kappa shape index (κ3) is 19.7. The third-order valence-corrected chi connectivity index (χ3v) is 9.54. The fourth-order valence-corrected chi connectivity index (χ4v) is 6.34. The second kappa shape index (κ2) is 20.6. The Balaban J connectivity index is 3.53. The van der Waals surface area contributed by atoms with Crippen molar-refractivity contribution in [3.8, 4) is 0 Å². The lowest BCUT2D eigenvalue weighted by molar-refractivity contribution is -0.925. The van der Waals surface area contributed by atoms with Crippen molar-refractivity contribution in [3.63, 3.8) is 0 Å². The number of hydrogen-bond donors (Lipinski definition) is 0. The molecule has 30 heavy (non-hydrogen) atoms. The molecule has 0 fully saturated rings. The van der Waals surface area contributed by atoms with E-state index in [1.165, 1.54) is 133 Å². The van der Waals surface area contributed by atoms with Crippen LogP contribution in [0, 0.1) is 0 Å². The lowest BCUT2D eigenvalue weighted by atomic mass is 10.0. The fourth-order valence-electron chi connectivity index (χ4n) is 4.58. The zero-order valence-electron chi connectivity index (χ0n) is 20.6. The van der Waals surface area contributed by atoms with E-state index in [1.807, 2.05) is 0 Å². The van der Waals surface area contributed by atoms with Gasteiger partial charge in [0.1, 0.15) is 0 Å². The average Bonchev–Trinajstić information content (AvgIpc) is 2.71. The van der Waals surface area contributed by atoms with Gasteiger partial charge in [-0.25, -0.2) is 0 Å². The molecule has 0 rings (SSSR count). The number of hydrogen-bond acceptors (Lipinski definition) is 0. The normalized spacial score (nSPS) is 12.6. The quantitative estimate of drug-likeness (QED) is 0.0565. The molecule has 5 heteroatoms. The van der Waals surface area contributed by atoms with Gasteiger partial charge in [-0.2, -0.15) is 0 Å². The minimum Gasteiger partial charge on any atom is -0.324 e. The largest absolute Gasteiger partial charge is 0.341 e. The highest BCUT2D eigenvalue weighted by Crippen LogP contribution is 2.27. The second-order valence-electron chi connectivity index (χ2n) is 9.44. The lowest BCUT2D eigenvalue weighted by Gasteiger charge is -2.37. The first kappa shape index (κ1) is 31.0. The van der Waals surface area contributed by atoms with Crippen molar-refractivity contribution in [1.29, 1.82) is 0 Å². The molecule has 0 bridgehead atoms. The van der Waals surface area contributed by atoms with Crippen LogP contribution in [0.5, 0.6) is 0 Å². The van der Waals surface area contributed by atoms with Crippen molar-refractivity contribution in [2.45, 2.75) is 136 Å². The van der Waals surface area contributed by atoms with Gasteiger partial charge in [0.05, 0.1) is 26.2 Å². The Kier molecular flexibility index (Phi) is 21.4. The van der Waals surface area contributed by atoms with E-state index in [9.17, 15) is 0 Å². The van der Waals surface area contributed by atoms with Gasteiger partial charge < -0.3 is 4.48 Å². The summed E-state index contributed by atoms with van der Waals surface area (Å²) in [7, 11) is 0. The van der Waals surface area contributed by atoms with Crippen molar-refractivity contribution in [2.24, 2.45) is 0 Å². The minimum atomic E-state index is -2.45. The number of quaternary nitrogens is 1. The molecule has 0 heterocycles. The molecule has 0 amide bonds. The zero-order chi connectivity index (χ0) is 22.6. The van der Waals surface area contributed by atoms with Crippen LogP contribution < -0.4 is 0 Å². The van der Waals surface area contributed by atoms with Crippen molar-refractivity contribution >= 4 is 39.2 Å². The molecule has 1 nitrogen and oxygen atoms in total. The van der Waals surface area contributed by atoms with E-state index in [4.69, 9.17) is 33.2 Å². The Morgan fingerprint density at radius 1 is 0.467 bits per heavy atom. The molecular formula is C25H53Cl3NSi+. The molecule has 0 aromatic rings. The first-order valence-electron chi connectivity index (χ1n) is 13.3. The van der Waals surface area contributed by atoms with Gasteiger partial charge in [0.15, 0.2) is 0 Å². The zero-order valence-corrected chi connectivity index (χ0v) is 23.9. The van der Waals surface area contributed by atoms with Crippen molar-refractivity contribution in [2.75, 3.05) is 26.2 Å². The summed E-state index contributed by atoms with van der Waals surface area (Å²) in [5, 5.41) is 0. The number of halogens is 3. The second-order valence-corrected chi connectivity index (χ2v) is 18.7. The molecule has 0 saturated carbocycles. The summed E-state index contributed by atoms with van der Waals surface area (Å²) in [6.07, 6.45) is 24.0. The number of rotatable bonds is 23. The maximum absolute atomic E-state index is 6.06. The van der Waals surface area contributed by atoms with Gasteiger partial charge in [-0.05, 0) is 39.2 Å². The highest BCUT2D eigenvalue weighted by Gasteiger charge is 2.28. The predicted molar refractivity (Wildman–Crippen MR) is 143 cm³/mol. The topological polar surface area (TPSA) is 0 Å². The van der Waals surface area contributed by atoms with E-state index in [1.54, 1.807) is 0 Å². The van der Waals surface area contributed by atoms with Gasteiger partial charge in [-0.3, -0.25) is 0 Å². The van der Waals surface area contributed by atoms with E-state index < -0.39 is 6.00 Å². The summed E-state index contributed by atoms with van der Waals surface area (Å²) < 4.78 is 1.20. The molecule has 0 spiro atoms. The van der Waals surface area contributed by atoms with Crippen molar-refractivity contribution < 1.29 is 4.48 Å². The average molecular weight is 502 g/mol. The molecule has 0 aliphatic rings. The highest BCUT2D eigenvalue weighted by atomic mass is 35.8. The number of nitrogens with zero attached hydrogens (tertiary/aromatic N) is 1. The molecule has 0 aromatic heterocycles. The Bertz CT molecular complexity index is 357. The SMILES string of the molecule is CCCCCCCCCCCCCCCCCC[N+](CC)(CC)CCC[Si](Cl)(Cl)Cl.